The number of nitrogens with zero attached hydrogens (tertiary/aromatic N) is 4. The number of fused-ring (bicyclic) bond motifs is 3. The van der Waals surface area contributed by atoms with E-state index in [-0.39, 0.29) is 0 Å². The number of hydrogen-bond donors (Lipinski definition) is 0. The first kappa shape index (κ1) is 35.9. The Morgan fingerprint density at radius 3 is 1.25 bits per heavy atom. The Morgan fingerprint density at radius 2 is 0.672 bits per heavy atom. The Labute approximate surface area is 354 Å². The third-order valence-corrected chi connectivity index (χ3v) is 11.5. The summed E-state index contributed by atoms with van der Waals surface area (Å²) in [5, 5.41) is 2.47. The largest absolute Gasteiger partial charge is 0.309 e. The van der Waals surface area contributed by atoms with Crippen LogP contribution >= 0.6 is 0 Å². The summed E-state index contributed by atoms with van der Waals surface area (Å²) in [6, 6.07) is 81.3. The molecule has 0 aliphatic heterocycles. The molecule has 0 radical (unpaired) electrons. The van der Waals surface area contributed by atoms with E-state index in [2.05, 4.69) is 199 Å². The van der Waals surface area contributed by atoms with Crippen LogP contribution in [0.2, 0.25) is 0 Å². The smallest absolute Gasteiger partial charge is 0.164 e. The van der Waals surface area contributed by atoms with E-state index >= 15 is 0 Å². The summed E-state index contributed by atoms with van der Waals surface area (Å²) >= 11 is 0. The van der Waals surface area contributed by atoms with Crippen LogP contribution in [0.3, 0.4) is 0 Å². The topological polar surface area (TPSA) is 43.6 Å². The zero-order valence-electron chi connectivity index (χ0n) is 33.2. The van der Waals surface area contributed by atoms with Crippen molar-refractivity contribution in [3.63, 3.8) is 0 Å². The van der Waals surface area contributed by atoms with E-state index in [1.807, 2.05) is 36.4 Å². The van der Waals surface area contributed by atoms with Gasteiger partial charge in [-0.05, 0) is 74.8 Å². The van der Waals surface area contributed by atoms with Gasteiger partial charge >= 0.3 is 0 Å². The molecule has 0 unspecified atom stereocenters. The minimum atomic E-state index is 0.630. The predicted octanol–water partition coefficient (Wildman–Crippen LogP) is 14.6. The summed E-state index contributed by atoms with van der Waals surface area (Å²) in [4.78, 5) is 15.0. The molecule has 11 aromatic rings. The second kappa shape index (κ2) is 15.5. The van der Waals surface area contributed by atoms with Gasteiger partial charge in [-0.3, -0.25) is 0 Å². The van der Waals surface area contributed by atoms with Crippen molar-refractivity contribution in [2.45, 2.75) is 0 Å². The van der Waals surface area contributed by atoms with Crippen molar-refractivity contribution in [3.8, 4) is 84.4 Å². The Balaban J connectivity index is 0.996. The van der Waals surface area contributed by atoms with Crippen molar-refractivity contribution < 1.29 is 0 Å². The molecule has 0 fully saturated rings. The standard InChI is InChI=1S/C57H38N4/c1-5-16-39(17-6-1)41-28-32-45(33-29-41)56-58-55(44-22-11-4-12-23-44)59-57(60-56)46-34-30-42(31-35-46)47-24-15-25-49(36-47)61-52-27-14-13-26-50(52)54-51(43-20-9-3-10-21-43)37-48(38-53(54)61)40-18-7-2-8-19-40/h1-38H. The van der Waals surface area contributed by atoms with Crippen molar-refractivity contribution in [1.29, 1.82) is 0 Å². The van der Waals surface area contributed by atoms with E-state index in [1.165, 1.54) is 49.6 Å². The summed E-state index contributed by atoms with van der Waals surface area (Å²) in [6.45, 7) is 0. The highest BCUT2D eigenvalue weighted by Gasteiger charge is 2.19. The summed E-state index contributed by atoms with van der Waals surface area (Å²) in [5.41, 5.74) is 15.6. The van der Waals surface area contributed by atoms with Gasteiger partial charge in [0.15, 0.2) is 17.5 Å². The summed E-state index contributed by atoms with van der Waals surface area (Å²) in [6.07, 6.45) is 0. The van der Waals surface area contributed by atoms with Crippen molar-refractivity contribution in [1.82, 2.24) is 19.5 Å². The van der Waals surface area contributed by atoms with E-state index in [0.29, 0.717) is 17.5 Å². The van der Waals surface area contributed by atoms with Crippen molar-refractivity contribution in [3.05, 3.63) is 231 Å². The highest BCUT2D eigenvalue weighted by Crippen LogP contribution is 2.42. The van der Waals surface area contributed by atoms with Gasteiger partial charge in [-0.1, -0.05) is 200 Å². The minimum Gasteiger partial charge on any atom is -0.309 e. The quantitative estimate of drug-likeness (QED) is 0.154. The van der Waals surface area contributed by atoms with Gasteiger partial charge in [0.25, 0.3) is 0 Å². The van der Waals surface area contributed by atoms with Crippen LogP contribution in [0.1, 0.15) is 0 Å². The zero-order valence-corrected chi connectivity index (χ0v) is 33.2. The maximum atomic E-state index is 5.04. The lowest BCUT2D eigenvalue weighted by molar-refractivity contribution is 1.07. The highest BCUT2D eigenvalue weighted by atomic mass is 15.0. The van der Waals surface area contributed by atoms with Crippen LogP contribution in [0.15, 0.2) is 231 Å². The molecule has 0 bridgehead atoms. The van der Waals surface area contributed by atoms with Crippen LogP contribution in [0.5, 0.6) is 0 Å². The van der Waals surface area contributed by atoms with Crippen LogP contribution in [0.4, 0.5) is 0 Å². The number of aromatic nitrogens is 4. The lowest BCUT2D eigenvalue weighted by Crippen LogP contribution is -2.00. The zero-order chi connectivity index (χ0) is 40.5. The Morgan fingerprint density at radius 1 is 0.262 bits per heavy atom. The third-order valence-electron chi connectivity index (χ3n) is 11.5. The molecule has 61 heavy (non-hydrogen) atoms. The first-order valence-electron chi connectivity index (χ1n) is 20.6. The molecule has 11 rings (SSSR count). The fourth-order valence-electron chi connectivity index (χ4n) is 8.45. The van der Waals surface area contributed by atoms with Crippen LogP contribution in [0, 0.1) is 0 Å². The lowest BCUT2D eigenvalue weighted by atomic mass is 9.94. The molecule has 0 saturated heterocycles. The molecular formula is C57H38N4. The minimum absolute atomic E-state index is 0.630. The molecule has 286 valence electrons. The van der Waals surface area contributed by atoms with Crippen LogP contribution in [-0.4, -0.2) is 19.5 Å². The number of hydrogen-bond acceptors (Lipinski definition) is 3. The second-order valence-electron chi connectivity index (χ2n) is 15.2. The molecule has 0 N–H and O–H groups in total. The maximum Gasteiger partial charge on any atom is 0.164 e. The van der Waals surface area contributed by atoms with Crippen molar-refractivity contribution in [2.75, 3.05) is 0 Å². The fraction of sp³-hybridized carbons (Fsp3) is 0. The molecule has 9 aromatic carbocycles. The first-order chi connectivity index (χ1) is 30.2. The summed E-state index contributed by atoms with van der Waals surface area (Å²) < 4.78 is 2.42. The molecule has 0 amide bonds. The fourth-order valence-corrected chi connectivity index (χ4v) is 8.45. The van der Waals surface area contributed by atoms with E-state index in [4.69, 9.17) is 15.0 Å². The second-order valence-corrected chi connectivity index (χ2v) is 15.2. The Bertz CT molecular complexity index is 3300. The van der Waals surface area contributed by atoms with Gasteiger partial charge in [0.1, 0.15) is 0 Å². The molecule has 2 heterocycles. The molecule has 0 spiro atoms. The monoisotopic (exact) mass is 778 g/mol. The molecular weight excluding hydrogens is 741 g/mol. The van der Waals surface area contributed by atoms with Crippen molar-refractivity contribution >= 4 is 21.8 Å². The number of para-hydroxylation sites is 1. The molecule has 0 saturated carbocycles. The lowest BCUT2D eigenvalue weighted by Gasteiger charge is -2.13. The van der Waals surface area contributed by atoms with Crippen LogP contribution < -0.4 is 0 Å². The van der Waals surface area contributed by atoms with Gasteiger partial charge in [0.05, 0.1) is 11.0 Å². The predicted molar refractivity (Wildman–Crippen MR) is 252 cm³/mol. The summed E-state index contributed by atoms with van der Waals surface area (Å²) in [5.74, 6) is 1.91. The van der Waals surface area contributed by atoms with E-state index in [1.54, 1.807) is 0 Å². The van der Waals surface area contributed by atoms with Gasteiger partial charge in [-0.25, -0.2) is 15.0 Å². The number of benzene rings is 9. The average Bonchev–Trinajstić information content (AvgIpc) is 3.69. The normalized spacial score (nSPS) is 11.3. The number of rotatable bonds is 8. The molecule has 0 aliphatic rings. The molecule has 0 aliphatic carbocycles. The van der Waals surface area contributed by atoms with Crippen LogP contribution in [-0.2, 0) is 0 Å². The Kier molecular flexibility index (Phi) is 9.14. The first-order valence-corrected chi connectivity index (χ1v) is 20.6. The third kappa shape index (κ3) is 6.86. The SMILES string of the molecule is c1ccc(-c2ccc(-c3nc(-c4ccccc4)nc(-c4ccc(-c5cccc(-n6c7ccccc7c7c(-c8ccccc8)cc(-c8ccccc8)cc76)c5)cc4)n3)cc2)cc1. The molecule has 0 atom stereocenters. The van der Waals surface area contributed by atoms with Gasteiger partial charge in [-0.2, -0.15) is 0 Å². The summed E-state index contributed by atoms with van der Waals surface area (Å²) in [7, 11) is 0. The molecule has 2 aromatic heterocycles. The van der Waals surface area contributed by atoms with Crippen molar-refractivity contribution in [2.24, 2.45) is 0 Å². The van der Waals surface area contributed by atoms with Gasteiger partial charge < -0.3 is 4.57 Å². The average molecular weight is 779 g/mol. The van der Waals surface area contributed by atoms with Gasteiger partial charge in [0.2, 0.25) is 0 Å². The molecule has 4 heteroatoms. The highest BCUT2D eigenvalue weighted by molar-refractivity contribution is 6.17. The molecule has 4 nitrogen and oxygen atoms in total. The maximum absolute atomic E-state index is 5.04. The van der Waals surface area contributed by atoms with E-state index in [0.717, 1.165) is 39.1 Å². The van der Waals surface area contributed by atoms with E-state index in [9.17, 15) is 0 Å². The van der Waals surface area contributed by atoms with Gasteiger partial charge in [-0.15, -0.1) is 0 Å². The van der Waals surface area contributed by atoms with Gasteiger partial charge in [0, 0.05) is 33.2 Å². The Hall–Kier alpha value is -8.21. The van der Waals surface area contributed by atoms with E-state index < -0.39 is 0 Å². The van der Waals surface area contributed by atoms with Crippen LogP contribution in [0.25, 0.3) is 106 Å².